The fourth-order valence-electron chi connectivity index (χ4n) is 3.52. The van der Waals surface area contributed by atoms with Gasteiger partial charge >= 0.3 is 6.09 Å². The zero-order valence-corrected chi connectivity index (χ0v) is 22.0. The molecule has 2 aromatic carbocycles. The van der Waals surface area contributed by atoms with Crippen molar-refractivity contribution in [2.75, 3.05) is 6.54 Å². The highest BCUT2D eigenvalue weighted by Gasteiger charge is 2.24. The number of alkyl carbamates (subject to hydrolysis) is 1. The Hall–Kier alpha value is -3.61. The highest BCUT2D eigenvalue weighted by molar-refractivity contribution is 5.88. The Morgan fingerprint density at radius 2 is 1.44 bits per heavy atom. The molecule has 0 radical (unpaired) electrons. The van der Waals surface area contributed by atoms with Crippen LogP contribution in [0.2, 0.25) is 0 Å². The van der Waals surface area contributed by atoms with Crippen molar-refractivity contribution in [2.24, 2.45) is 5.92 Å². The van der Waals surface area contributed by atoms with Crippen LogP contribution in [0, 0.1) is 5.92 Å². The van der Waals surface area contributed by atoms with Crippen LogP contribution in [0.5, 0.6) is 0 Å². The Labute approximate surface area is 214 Å². The monoisotopic (exact) mass is 493 g/mol. The zero-order valence-electron chi connectivity index (χ0n) is 22.0. The van der Waals surface area contributed by atoms with Gasteiger partial charge in [0.2, 0.25) is 11.8 Å². The van der Waals surface area contributed by atoms with E-state index in [1.165, 1.54) is 6.08 Å². The van der Waals surface area contributed by atoms with E-state index < -0.39 is 17.7 Å². The molecule has 36 heavy (non-hydrogen) atoms. The molecule has 0 spiro atoms. The molecular formula is C29H39N3O4. The van der Waals surface area contributed by atoms with E-state index in [0.29, 0.717) is 19.5 Å². The van der Waals surface area contributed by atoms with Crippen LogP contribution in [0.25, 0.3) is 0 Å². The number of nitrogens with zero attached hydrogens (tertiary/aromatic N) is 1. The summed E-state index contributed by atoms with van der Waals surface area (Å²) in [6.45, 7) is 10.4. The molecule has 0 aromatic heterocycles. The maximum atomic E-state index is 13.0. The molecule has 0 aliphatic carbocycles. The lowest BCUT2D eigenvalue weighted by atomic mass is 10.0. The molecule has 0 saturated heterocycles. The van der Waals surface area contributed by atoms with Gasteiger partial charge in [-0.2, -0.15) is 0 Å². The zero-order chi connectivity index (χ0) is 26.6. The van der Waals surface area contributed by atoms with Crippen molar-refractivity contribution in [3.05, 3.63) is 83.9 Å². The summed E-state index contributed by atoms with van der Waals surface area (Å²) < 4.78 is 5.29. The van der Waals surface area contributed by atoms with E-state index in [4.69, 9.17) is 4.74 Å². The minimum atomic E-state index is -0.725. The molecule has 2 rings (SSSR count). The number of carbonyl (C=O) groups is 3. The van der Waals surface area contributed by atoms with Gasteiger partial charge in [0, 0.05) is 25.7 Å². The molecule has 0 unspecified atom stereocenters. The standard InChI is InChI=1S/C29H39N3O4/c1-22(2)19-25(31-28(35)36-29(3,4)5)27(34)30-18-12-17-26(33)32(20-23-13-8-6-9-14-23)21-24-15-10-7-11-16-24/h6-17,22,25H,18-21H2,1-5H3,(H,30,34)(H,31,35)/b17-12+/t25-/m0/s1. The molecule has 7 nitrogen and oxygen atoms in total. The molecule has 194 valence electrons. The van der Waals surface area contributed by atoms with Crippen LogP contribution in [-0.2, 0) is 27.4 Å². The molecule has 3 amide bonds. The van der Waals surface area contributed by atoms with Crippen LogP contribution in [0.3, 0.4) is 0 Å². The van der Waals surface area contributed by atoms with E-state index in [-0.39, 0.29) is 24.3 Å². The number of rotatable bonds is 11. The number of ether oxygens (including phenoxy) is 1. The van der Waals surface area contributed by atoms with Gasteiger partial charge in [-0.1, -0.05) is 80.6 Å². The van der Waals surface area contributed by atoms with Gasteiger partial charge in [0.1, 0.15) is 11.6 Å². The van der Waals surface area contributed by atoms with Gasteiger partial charge in [0.25, 0.3) is 0 Å². The Morgan fingerprint density at radius 3 is 1.92 bits per heavy atom. The molecule has 0 heterocycles. The van der Waals surface area contributed by atoms with Crippen molar-refractivity contribution in [1.29, 1.82) is 0 Å². The largest absolute Gasteiger partial charge is 0.444 e. The number of carbonyl (C=O) groups excluding carboxylic acids is 3. The first kappa shape index (κ1) is 28.6. The lowest BCUT2D eigenvalue weighted by Crippen LogP contribution is -2.48. The first-order valence-electron chi connectivity index (χ1n) is 12.3. The normalized spacial score (nSPS) is 12.3. The Morgan fingerprint density at radius 1 is 0.917 bits per heavy atom. The molecule has 2 aromatic rings. The van der Waals surface area contributed by atoms with E-state index in [1.54, 1.807) is 31.7 Å². The van der Waals surface area contributed by atoms with Crippen molar-refractivity contribution >= 4 is 17.9 Å². The van der Waals surface area contributed by atoms with Crippen LogP contribution in [0.1, 0.15) is 52.2 Å². The van der Waals surface area contributed by atoms with Gasteiger partial charge in [-0.3, -0.25) is 9.59 Å². The lowest BCUT2D eigenvalue weighted by molar-refractivity contribution is -0.127. The fraction of sp³-hybridized carbons (Fsp3) is 0.414. The van der Waals surface area contributed by atoms with E-state index in [9.17, 15) is 14.4 Å². The Balaban J connectivity index is 1.98. The van der Waals surface area contributed by atoms with Crippen LogP contribution in [-0.4, -0.2) is 41.0 Å². The highest BCUT2D eigenvalue weighted by Crippen LogP contribution is 2.12. The minimum absolute atomic E-state index is 0.150. The van der Waals surface area contributed by atoms with Crippen molar-refractivity contribution in [3.8, 4) is 0 Å². The number of amides is 3. The molecule has 0 aliphatic heterocycles. The second kappa shape index (κ2) is 14.1. The molecule has 2 N–H and O–H groups in total. The topological polar surface area (TPSA) is 87.7 Å². The van der Waals surface area contributed by atoms with E-state index in [1.807, 2.05) is 74.5 Å². The highest BCUT2D eigenvalue weighted by atomic mass is 16.6. The summed E-state index contributed by atoms with van der Waals surface area (Å²) in [5.41, 5.74) is 1.42. The van der Waals surface area contributed by atoms with Gasteiger partial charge in [-0.25, -0.2) is 4.79 Å². The third-order valence-electron chi connectivity index (χ3n) is 5.11. The number of benzene rings is 2. The van der Waals surface area contributed by atoms with Crippen LogP contribution in [0.4, 0.5) is 4.79 Å². The second-order valence-corrected chi connectivity index (χ2v) is 10.1. The van der Waals surface area contributed by atoms with Gasteiger partial charge in [-0.15, -0.1) is 0 Å². The average Bonchev–Trinajstić information content (AvgIpc) is 2.80. The number of hydrogen-bond donors (Lipinski definition) is 2. The number of nitrogens with one attached hydrogen (secondary N) is 2. The van der Waals surface area contributed by atoms with Crippen molar-refractivity contribution in [3.63, 3.8) is 0 Å². The predicted octanol–water partition coefficient (Wildman–Crippen LogP) is 4.83. The van der Waals surface area contributed by atoms with Crippen LogP contribution >= 0.6 is 0 Å². The van der Waals surface area contributed by atoms with Crippen molar-refractivity contribution in [1.82, 2.24) is 15.5 Å². The molecular weight excluding hydrogens is 454 g/mol. The Kier molecular flexibility index (Phi) is 11.2. The smallest absolute Gasteiger partial charge is 0.408 e. The summed E-state index contributed by atoms with van der Waals surface area (Å²) in [6.07, 6.45) is 2.94. The average molecular weight is 494 g/mol. The van der Waals surface area contributed by atoms with E-state index >= 15 is 0 Å². The first-order valence-corrected chi connectivity index (χ1v) is 12.3. The quantitative estimate of drug-likeness (QED) is 0.439. The molecule has 1 atom stereocenters. The van der Waals surface area contributed by atoms with Crippen LogP contribution < -0.4 is 10.6 Å². The van der Waals surface area contributed by atoms with Crippen LogP contribution in [0.15, 0.2) is 72.8 Å². The predicted molar refractivity (Wildman–Crippen MR) is 142 cm³/mol. The second-order valence-electron chi connectivity index (χ2n) is 10.1. The number of hydrogen-bond acceptors (Lipinski definition) is 4. The van der Waals surface area contributed by atoms with Crippen molar-refractivity contribution in [2.45, 2.75) is 65.8 Å². The summed E-state index contributed by atoms with van der Waals surface area (Å²) >= 11 is 0. The molecule has 0 bridgehead atoms. The van der Waals surface area contributed by atoms with Gasteiger partial charge in [0.15, 0.2) is 0 Å². The van der Waals surface area contributed by atoms with Gasteiger partial charge < -0.3 is 20.3 Å². The molecule has 0 saturated carbocycles. The molecule has 0 aliphatic rings. The summed E-state index contributed by atoms with van der Waals surface area (Å²) in [6, 6.07) is 18.9. The maximum absolute atomic E-state index is 13.0. The van der Waals surface area contributed by atoms with E-state index in [2.05, 4.69) is 10.6 Å². The maximum Gasteiger partial charge on any atom is 0.408 e. The summed E-state index contributed by atoms with van der Waals surface area (Å²) in [4.78, 5) is 39.7. The SMILES string of the molecule is CC(C)C[C@H](NC(=O)OC(C)(C)C)C(=O)NC/C=C/C(=O)N(Cc1ccccc1)Cc1ccccc1. The first-order chi connectivity index (χ1) is 17.0. The minimum Gasteiger partial charge on any atom is -0.444 e. The van der Waals surface area contributed by atoms with Gasteiger partial charge in [-0.05, 0) is 44.2 Å². The van der Waals surface area contributed by atoms with E-state index in [0.717, 1.165) is 11.1 Å². The summed E-state index contributed by atoms with van der Waals surface area (Å²) in [7, 11) is 0. The van der Waals surface area contributed by atoms with Crippen molar-refractivity contribution < 1.29 is 19.1 Å². The lowest BCUT2D eigenvalue weighted by Gasteiger charge is -2.24. The third-order valence-corrected chi connectivity index (χ3v) is 5.11. The summed E-state index contributed by atoms with van der Waals surface area (Å²) in [5, 5.41) is 5.44. The molecule has 7 heteroatoms. The van der Waals surface area contributed by atoms with Gasteiger partial charge in [0.05, 0.1) is 0 Å². The fourth-order valence-corrected chi connectivity index (χ4v) is 3.52. The molecule has 0 fully saturated rings. The summed E-state index contributed by atoms with van der Waals surface area (Å²) in [5.74, 6) is -0.281. The third kappa shape index (κ3) is 11.2. The Bertz CT molecular complexity index is 957.